The third-order valence-corrected chi connectivity index (χ3v) is 2.26. The van der Waals surface area contributed by atoms with Crippen LogP contribution in [-0.2, 0) is 0 Å². The Morgan fingerprint density at radius 2 is 2.07 bits per heavy atom. The van der Waals surface area contributed by atoms with E-state index in [1.807, 2.05) is 12.1 Å². The molecule has 0 aliphatic heterocycles. The number of para-hydroxylation sites is 1. The summed E-state index contributed by atoms with van der Waals surface area (Å²) in [4.78, 5) is 0. The molecule has 0 heterocycles. The maximum absolute atomic E-state index is 9.58. The van der Waals surface area contributed by atoms with E-state index in [2.05, 4.69) is 0 Å². The lowest BCUT2D eigenvalue weighted by atomic mass is 9.92. The van der Waals surface area contributed by atoms with Crippen LogP contribution in [0.2, 0.25) is 0 Å². The van der Waals surface area contributed by atoms with E-state index in [-0.39, 0.29) is 18.3 Å². The minimum Gasteiger partial charge on any atom is -0.508 e. The van der Waals surface area contributed by atoms with Crippen molar-refractivity contribution in [1.82, 2.24) is 0 Å². The number of benzene rings is 1. The number of phenols is 1. The van der Waals surface area contributed by atoms with Crippen molar-refractivity contribution >= 4 is 6.21 Å². The van der Waals surface area contributed by atoms with E-state index in [1.165, 1.54) is 6.21 Å². The quantitative estimate of drug-likeness (QED) is 0.625. The number of rotatable bonds is 5. The first-order chi connectivity index (χ1) is 6.79. The van der Waals surface area contributed by atoms with Gasteiger partial charge < -0.3 is 15.6 Å². The summed E-state index contributed by atoms with van der Waals surface area (Å²) in [6.45, 7) is 0.0762. The average Bonchev–Trinajstić information content (AvgIpc) is 2.18. The van der Waals surface area contributed by atoms with E-state index in [0.717, 1.165) is 5.56 Å². The van der Waals surface area contributed by atoms with Crippen molar-refractivity contribution in [3.05, 3.63) is 29.8 Å². The lowest BCUT2D eigenvalue weighted by molar-refractivity contribution is 0.275. The van der Waals surface area contributed by atoms with Crippen LogP contribution in [0.3, 0.4) is 0 Å². The molecule has 14 heavy (non-hydrogen) atoms. The molecule has 0 aromatic heterocycles. The molecule has 0 fully saturated rings. The predicted octanol–water partition coefficient (Wildman–Crippen LogP) is 1.90. The molecular weight excluding hydrogens is 178 g/mol. The van der Waals surface area contributed by atoms with Crippen molar-refractivity contribution in [3.63, 3.8) is 0 Å². The molecule has 1 unspecified atom stereocenters. The summed E-state index contributed by atoms with van der Waals surface area (Å²) >= 11 is 0. The Labute approximate surface area is 83.5 Å². The van der Waals surface area contributed by atoms with E-state index in [9.17, 15) is 5.11 Å². The molecule has 3 nitrogen and oxygen atoms in total. The molecule has 0 saturated heterocycles. The van der Waals surface area contributed by atoms with Crippen molar-refractivity contribution in [3.8, 4) is 5.75 Å². The second kappa shape index (κ2) is 5.40. The van der Waals surface area contributed by atoms with Gasteiger partial charge in [0.2, 0.25) is 0 Å². The van der Waals surface area contributed by atoms with Crippen molar-refractivity contribution in [1.29, 1.82) is 5.41 Å². The van der Waals surface area contributed by atoms with Gasteiger partial charge in [0.1, 0.15) is 5.75 Å². The Hall–Kier alpha value is -1.35. The van der Waals surface area contributed by atoms with E-state index in [1.54, 1.807) is 12.1 Å². The molecule has 1 aromatic rings. The molecule has 0 amide bonds. The molecule has 0 radical (unpaired) electrons. The molecule has 3 heteroatoms. The summed E-state index contributed by atoms with van der Waals surface area (Å²) in [7, 11) is 0. The van der Waals surface area contributed by atoms with Gasteiger partial charge in [-0.3, -0.25) is 0 Å². The maximum atomic E-state index is 9.58. The Balaban J connectivity index is 2.86. The highest BCUT2D eigenvalue weighted by molar-refractivity contribution is 5.55. The van der Waals surface area contributed by atoms with Crippen LogP contribution in [-0.4, -0.2) is 23.0 Å². The Bertz CT molecular complexity index is 299. The summed E-state index contributed by atoms with van der Waals surface area (Å²) in [5.41, 5.74) is 0.810. The summed E-state index contributed by atoms with van der Waals surface area (Å²) < 4.78 is 0. The second-order valence-corrected chi connectivity index (χ2v) is 3.21. The van der Waals surface area contributed by atoms with Gasteiger partial charge in [-0.15, -0.1) is 0 Å². The highest BCUT2D eigenvalue weighted by Gasteiger charge is 2.12. The number of aromatic hydroxyl groups is 1. The standard InChI is InChI=1S/C11H15NO2/c12-7-5-9(6-8-13)10-3-1-2-4-11(10)14/h1-4,7,9,12-14H,5-6,8H2. The van der Waals surface area contributed by atoms with Gasteiger partial charge in [-0.25, -0.2) is 0 Å². The summed E-state index contributed by atoms with van der Waals surface area (Å²) in [6.07, 6.45) is 2.44. The van der Waals surface area contributed by atoms with E-state index in [4.69, 9.17) is 10.5 Å². The van der Waals surface area contributed by atoms with Gasteiger partial charge in [-0.05, 0) is 36.6 Å². The van der Waals surface area contributed by atoms with Crippen molar-refractivity contribution in [2.24, 2.45) is 0 Å². The van der Waals surface area contributed by atoms with Gasteiger partial charge in [0.15, 0.2) is 0 Å². The third-order valence-electron chi connectivity index (χ3n) is 2.26. The fraction of sp³-hybridized carbons (Fsp3) is 0.364. The number of nitrogens with one attached hydrogen (secondary N) is 1. The van der Waals surface area contributed by atoms with Gasteiger partial charge in [0, 0.05) is 6.61 Å². The molecule has 0 saturated carbocycles. The molecule has 76 valence electrons. The largest absolute Gasteiger partial charge is 0.508 e. The number of aliphatic hydroxyl groups is 1. The third kappa shape index (κ3) is 2.57. The average molecular weight is 193 g/mol. The molecule has 0 aliphatic rings. The van der Waals surface area contributed by atoms with Gasteiger partial charge in [0.05, 0.1) is 0 Å². The predicted molar refractivity (Wildman–Crippen MR) is 56.0 cm³/mol. The monoisotopic (exact) mass is 193 g/mol. The van der Waals surface area contributed by atoms with Crippen LogP contribution in [0.1, 0.15) is 24.3 Å². The van der Waals surface area contributed by atoms with Crippen LogP contribution in [0.15, 0.2) is 24.3 Å². The first-order valence-electron chi connectivity index (χ1n) is 4.67. The SMILES string of the molecule is N=CCC(CCO)c1ccccc1O. The van der Waals surface area contributed by atoms with Crippen LogP contribution in [0.4, 0.5) is 0 Å². The van der Waals surface area contributed by atoms with Crippen LogP contribution >= 0.6 is 0 Å². The Morgan fingerprint density at radius 3 is 2.64 bits per heavy atom. The Morgan fingerprint density at radius 1 is 1.36 bits per heavy atom. The van der Waals surface area contributed by atoms with Crippen molar-refractivity contribution in [2.45, 2.75) is 18.8 Å². The first-order valence-corrected chi connectivity index (χ1v) is 4.67. The molecular formula is C11H15NO2. The van der Waals surface area contributed by atoms with Gasteiger partial charge >= 0.3 is 0 Å². The number of hydrogen-bond donors (Lipinski definition) is 3. The first kappa shape index (κ1) is 10.7. The van der Waals surface area contributed by atoms with Crippen molar-refractivity contribution in [2.75, 3.05) is 6.61 Å². The maximum Gasteiger partial charge on any atom is 0.119 e. The molecule has 0 aliphatic carbocycles. The molecule has 3 N–H and O–H groups in total. The fourth-order valence-corrected chi connectivity index (χ4v) is 1.53. The zero-order valence-electron chi connectivity index (χ0n) is 7.98. The molecule has 0 bridgehead atoms. The highest BCUT2D eigenvalue weighted by Crippen LogP contribution is 2.29. The lowest BCUT2D eigenvalue weighted by Crippen LogP contribution is -2.02. The van der Waals surface area contributed by atoms with Gasteiger partial charge in [-0.1, -0.05) is 18.2 Å². The fourth-order valence-electron chi connectivity index (χ4n) is 1.53. The van der Waals surface area contributed by atoms with E-state index < -0.39 is 0 Å². The van der Waals surface area contributed by atoms with Gasteiger partial charge in [-0.2, -0.15) is 0 Å². The second-order valence-electron chi connectivity index (χ2n) is 3.21. The minimum absolute atomic E-state index is 0.0405. The zero-order valence-corrected chi connectivity index (χ0v) is 7.98. The lowest BCUT2D eigenvalue weighted by Gasteiger charge is -2.14. The summed E-state index contributed by atoms with van der Waals surface area (Å²) in [6, 6.07) is 7.07. The topological polar surface area (TPSA) is 64.3 Å². The minimum atomic E-state index is 0.0405. The smallest absolute Gasteiger partial charge is 0.119 e. The normalized spacial score (nSPS) is 12.4. The number of aliphatic hydroxyl groups excluding tert-OH is 1. The summed E-state index contributed by atoms with van der Waals surface area (Å²) in [5, 5.41) is 25.5. The van der Waals surface area contributed by atoms with Crippen LogP contribution in [0.25, 0.3) is 0 Å². The van der Waals surface area contributed by atoms with Crippen molar-refractivity contribution < 1.29 is 10.2 Å². The molecule has 1 atom stereocenters. The zero-order chi connectivity index (χ0) is 10.4. The molecule has 1 aromatic carbocycles. The highest BCUT2D eigenvalue weighted by atomic mass is 16.3. The number of hydrogen-bond acceptors (Lipinski definition) is 3. The van der Waals surface area contributed by atoms with Gasteiger partial charge in [0.25, 0.3) is 0 Å². The number of phenolic OH excluding ortho intramolecular Hbond substituents is 1. The Kier molecular flexibility index (Phi) is 4.13. The van der Waals surface area contributed by atoms with E-state index >= 15 is 0 Å². The summed E-state index contributed by atoms with van der Waals surface area (Å²) in [5.74, 6) is 0.284. The van der Waals surface area contributed by atoms with E-state index in [0.29, 0.717) is 12.8 Å². The van der Waals surface area contributed by atoms with Crippen LogP contribution < -0.4 is 0 Å². The molecule has 0 spiro atoms. The van der Waals surface area contributed by atoms with Crippen LogP contribution in [0, 0.1) is 5.41 Å². The van der Waals surface area contributed by atoms with Crippen LogP contribution in [0.5, 0.6) is 5.75 Å². The molecule has 1 rings (SSSR count).